The first kappa shape index (κ1) is 13.4. The minimum absolute atomic E-state index is 0.247. The van der Waals surface area contributed by atoms with E-state index in [2.05, 4.69) is 10.2 Å². The predicted octanol–water partition coefficient (Wildman–Crippen LogP) is 2.47. The third-order valence-corrected chi connectivity index (χ3v) is 3.98. The number of halogens is 2. The van der Waals surface area contributed by atoms with Crippen LogP contribution in [0.4, 0.5) is 5.69 Å². The molecule has 0 aliphatic carbocycles. The Hall–Kier alpha value is -1.07. The molecule has 18 heavy (non-hydrogen) atoms. The molecule has 2 rings (SSSR count). The molecule has 98 valence electrons. The molecule has 1 aliphatic rings. The quantitative estimate of drug-likeness (QED) is 0.926. The fourth-order valence-corrected chi connectivity index (χ4v) is 2.61. The molecular formula is C11H13Cl2N3O2. The van der Waals surface area contributed by atoms with Crippen LogP contribution in [0.25, 0.3) is 0 Å². The summed E-state index contributed by atoms with van der Waals surface area (Å²) in [7, 11) is 0. The normalized spacial score (nSPS) is 23.4. The fourth-order valence-electron chi connectivity index (χ4n) is 2.26. The number of hydrogen-bond donors (Lipinski definition) is 1. The fraction of sp³-hybridized carbons (Fsp3) is 0.545. The molecule has 0 aromatic carbocycles. The van der Waals surface area contributed by atoms with Gasteiger partial charge in [-0.2, -0.15) is 0 Å². The Kier molecular flexibility index (Phi) is 3.64. The Bertz CT molecular complexity index is 483. The zero-order valence-corrected chi connectivity index (χ0v) is 11.4. The Labute approximate surface area is 115 Å². The number of aliphatic carboxylic acids is 1. The maximum atomic E-state index is 11.4. The number of carboxylic acid groups (broad SMARTS) is 1. The number of carboxylic acids is 1. The monoisotopic (exact) mass is 289 g/mol. The largest absolute Gasteiger partial charge is 0.481 e. The highest BCUT2D eigenvalue weighted by molar-refractivity contribution is 6.33. The van der Waals surface area contributed by atoms with Gasteiger partial charge in [0.1, 0.15) is 0 Å². The minimum Gasteiger partial charge on any atom is -0.481 e. The maximum absolute atomic E-state index is 11.4. The zero-order chi connectivity index (χ0) is 13.3. The Balaban J connectivity index is 2.28. The van der Waals surface area contributed by atoms with Crippen LogP contribution in [0.15, 0.2) is 6.07 Å². The molecule has 1 unspecified atom stereocenters. The summed E-state index contributed by atoms with van der Waals surface area (Å²) in [6.45, 7) is 2.93. The number of hydrogen-bond acceptors (Lipinski definition) is 4. The first-order chi connectivity index (χ1) is 8.48. The lowest BCUT2D eigenvalue weighted by molar-refractivity contribution is -0.147. The van der Waals surface area contributed by atoms with Gasteiger partial charge in [0, 0.05) is 19.2 Å². The van der Waals surface area contributed by atoms with E-state index >= 15 is 0 Å². The number of aromatic nitrogens is 2. The van der Waals surface area contributed by atoms with Gasteiger partial charge in [0.2, 0.25) is 0 Å². The van der Waals surface area contributed by atoms with E-state index in [1.807, 2.05) is 11.8 Å². The van der Waals surface area contributed by atoms with E-state index in [0.717, 1.165) is 0 Å². The molecule has 5 nitrogen and oxygen atoms in total. The van der Waals surface area contributed by atoms with Crippen LogP contribution in [0, 0.1) is 5.41 Å². The van der Waals surface area contributed by atoms with Crippen LogP contribution in [-0.2, 0) is 4.79 Å². The molecule has 0 spiro atoms. The van der Waals surface area contributed by atoms with Crippen molar-refractivity contribution in [3.05, 3.63) is 16.4 Å². The van der Waals surface area contributed by atoms with Crippen LogP contribution >= 0.6 is 23.2 Å². The molecule has 0 amide bonds. The second-order valence-corrected chi connectivity index (χ2v) is 5.20. The molecule has 1 aromatic rings. The highest BCUT2D eigenvalue weighted by atomic mass is 35.5. The van der Waals surface area contributed by atoms with Crippen molar-refractivity contribution in [2.75, 3.05) is 18.0 Å². The lowest BCUT2D eigenvalue weighted by Gasteiger charge is -2.24. The minimum atomic E-state index is -0.767. The van der Waals surface area contributed by atoms with Crippen LogP contribution in [0.2, 0.25) is 10.3 Å². The second kappa shape index (κ2) is 4.90. The van der Waals surface area contributed by atoms with E-state index in [1.54, 1.807) is 6.07 Å². The van der Waals surface area contributed by atoms with E-state index in [4.69, 9.17) is 23.2 Å². The first-order valence-corrected chi connectivity index (χ1v) is 6.41. The maximum Gasteiger partial charge on any atom is 0.311 e. The number of carbonyl (C=O) groups is 1. The Morgan fingerprint density at radius 2 is 2.28 bits per heavy atom. The predicted molar refractivity (Wildman–Crippen MR) is 69.2 cm³/mol. The van der Waals surface area contributed by atoms with Gasteiger partial charge in [-0.15, -0.1) is 10.2 Å². The molecular weight excluding hydrogens is 277 g/mol. The molecule has 0 saturated carbocycles. The molecule has 7 heteroatoms. The van der Waals surface area contributed by atoms with Gasteiger partial charge in [-0.05, 0) is 12.8 Å². The molecule has 1 N–H and O–H groups in total. The van der Waals surface area contributed by atoms with E-state index < -0.39 is 11.4 Å². The van der Waals surface area contributed by atoms with Crippen LogP contribution < -0.4 is 4.90 Å². The van der Waals surface area contributed by atoms with Crippen molar-refractivity contribution in [2.24, 2.45) is 5.41 Å². The lowest BCUT2D eigenvalue weighted by Crippen LogP contribution is -2.34. The van der Waals surface area contributed by atoms with Gasteiger partial charge in [0.15, 0.2) is 10.3 Å². The summed E-state index contributed by atoms with van der Waals surface area (Å²) >= 11 is 11.8. The van der Waals surface area contributed by atoms with Crippen molar-refractivity contribution in [1.82, 2.24) is 10.2 Å². The highest BCUT2D eigenvalue weighted by Gasteiger charge is 2.43. The van der Waals surface area contributed by atoms with Crippen LogP contribution in [0.3, 0.4) is 0 Å². The van der Waals surface area contributed by atoms with E-state index in [1.165, 1.54) is 0 Å². The van der Waals surface area contributed by atoms with E-state index in [0.29, 0.717) is 31.6 Å². The van der Waals surface area contributed by atoms with Gasteiger partial charge in [0.25, 0.3) is 0 Å². The molecule has 1 aliphatic heterocycles. The topological polar surface area (TPSA) is 66.3 Å². The smallest absolute Gasteiger partial charge is 0.311 e. The highest BCUT2D eigenvalue weighted by Crippen LogP contribution is 2.38. The van der Waals surface area contributed by atoms with Crippen LogP contribution in [0.1, 0.15) is 19.8 Å². The number of rotatable bonds is 3. The van der Waals surface area contributed by atoms with Crippen molar-refractivity contribution in [2.45, 2.75) is 19.8 Å². The molecule has 0 radical (unpaired) electrons. The third-order valence-electron chi connectivity index (χ3n) is 3.53. The van der Waals surface area contributed by atoms with Crippen molar-refractivity contribution in [1.29, 1.82) is 0 Å². The van der Waals surface area contributed by atoms with Crippen molar-refractivity contribution in [3.8, 4) is 0 Å². The summed E-state index contributed by atoms with van der Waals surface area (Å²) in [5.41, 5.74) is -0.0627. The van der Waals surface area contributed by atoms with E-state index in [-0.39, 0.29) is 10.3 Å². The standard InChI is InChI=1S/C11H13Cl2N3O2/c1-2-11(10(17)18)3-4-16(6-11)7-5-8(12)14-15-9(7)13/h5H,2-4,6H2,1H3,(H,17,18). The van der Waals surface area contributed by atoms with Gasteiger partial charge in [-0.3, -0.25) is 4.79 Å². The summed E-state index contributed by atoms with van der Waals surface area (Å²) in [5, 5.41) is 17.2. The molecule has 1 aromatic heterocycles. The summed E-state index contributed by atoms with van der Waals surface area (Å²) in [6, 6.07) is 1.62. The van der Waals surface area contributed by atoms with Gasteiger partial charge in [-0.25, -0.2) is 0 Å². The van der Waals surface area contributed by atoms with Crippen molar-refractivity contribution >= 4 is 34.9 Å². The Morgan fingerprint density at radius 1 is 1.56 bits per heavy atom. The zero-order valence-electron chi connectivity index (χ0n) is 9.86. The van der Waals surface area contributed by atoms with Gasteiger partial charge in [0.05, 0.1) is 11.1 Å². The first-order valence-electron chi connectivity index (χ1n) is 5.65. The van der Waals surface area contributed by atoms with Crippen LogP contribution in [-0.4, -0.2) is 34.4 Å². The average Bonchev–Trinajstić information content (AvgIpc) is 2.78. The van der Waals surface area contributed by atoms with E-state index in [9.17, 15) is 9.90 Å². The number of anilines is 1. The second-order valence-electron chi connectivity index (χ2n) is 4.45. The number of nitrogens with zero attached hydrogens (tertiary/aromatic N) is 3. The molecule has 0 bridgehead atoms. The lowest BCUT2D eigenvalue weighted by atomic mass is 9.84. The molecule has 1 saturated heterocycles. The summed E-state index contributed by atoms with van der Waals surface area (Å²) in [5.74, 6) is -0.767. The average molecular weight is 290 g/mol. The summed E-state index contributed by atoms with van der Waals surface area (Å²) in [6.07, 6.45) is 1.18. The van der Waals surface area contributed by atoms with Gasteiger partial charge < -0.3 is 10.0 Å². The van der Waals surface area contributed by atoms with Crippen LogP contribution in [0.5, 0.6) is 0 Å². The summed E-state index contributed by atoms with van der Waals surface area (Å²) < 4.78 is 0. The SMILES string of the molecule is CCC1(C(=O)O)CCN(c2cc(Cl)nnc2Cl)C1. The van der Waals surface area contributed by atoms with Gasteiger partial charge in [-0.1, -0.05) is 30.1 Å². The van der Waals surface area contributed by atoms with Crippen molar-refractivity contribution in [3.63, 3.8) is 0 Å². The van der Waals surface area contributed by atoms with Crippen molar-refractivity contribution < 1.29 is 9.90 Å². The summed E-state index contributed by atoms with van der Waals surface area (Å²) in [4.78, 5) is 13.3. The molecule has 1 fully saturated rings. The molecule has 2 heterocycles. The Morgan fingerprint density at radius 3 is 2.83 bits per heavy atom. The molecule has 1 atom stereocenters. The third kappa shape index (κ3) is 2.24. The van der Waals surface area contributed by atoms with Gasteiger partial charge >= 0.3 is 5.97 Å².